The molecule has 3 aromatic carbocycles. The smallest absolute Gasteiger partial charge is 0.263 e. The summed E-state index contributed by atoms with van der Waals surface area (Å²) in [5.41, 5.74) is 8.20. The molecule has 226 valence electrons. The molecule has 1 aliphatic heterocycles. The number of carbonyl (C=O) groups is 2. The third kappa shape index (κ3) is 7.62. The summed E-state index contributed by atoms with van der Waals surface area (Å²) < 4.78 is 0. The van der Waals surface area contributed by atoms with Crippen molar-refractivity contribution in [2.45, 2.75) is 50.7 Å². The van der Waals surface area contributed by atoms with Gasteiger partial charge in [0.15, 0.2) is 0 Å². The lowest BCUT2D eigenvalue weighted by Crippen LogP contribution is -2.63. The van der Waals surface area contributed by atoms with E-state index in [0.717, 1.165) is 28.3 Å². The molecule has 1 aliphatic rings. The van der Waals surface area contributed by atoms with Gasteiger partial charge >= 0.3 is 0 Å². The fraction of sp³-hybridized carbons (Fsp3) is 0.387. The van der Waals surface area contributed by atoms with E-state index in [1.54, 1.807) is 25.2 Å². The van der Waals surface area contributed by atoms with Crippen molar-refractivity contribution in [3.05, 3.63) is 81.8 Å². The number of hydrogen-bond acceptors (Lipinski definition) is 7. The van der Waals surface area contributed by atoms with Gasteiger partial charge in [-0.05, 0) is 65.4 Å². The van der Waals surface area contributed by atoms with Crippen molar-refractivity contribution < 1.29 is 9.59 Å². The maximum Gasteiger partial charge on any atom is 0.263 e. The molecule has 43 heavy (non-hydrogen) atoms. The predicted octanol–water partition coefficient (Wildman–Crippen LogP) is 4.10. The molecule has 0 saturated carbocycles. The molecule has 3 N–H and O–H groups in total. The molecule has 12 heteroatoms. The average Bonchev–Trinajstić information content (AvgIpc) is 3.41. The third-order valence-corrected chi connectivity index (χ3v) is 8.48. The van der Waals surface area contributed by atoms with Crippen molar-refractivity contribution in [3.8, 4) is 0 Å². The molecule has 1 unspecified atom stereocenters. The summed E-state index contributed by atoms with van der Waals surface area (Å²) in [6.45, 7) is 3.40. The lowest BCUT2D eigenvalue weighted by atomic mass is 9.98. The number of aryl methyl sites for hydroxylation is 1. The fourth-order valence-corrected chi connectivity index (χ4v) is 6.13. The van der Waals surface area contributed by atoms with Crippen LogP contribution in [0.2, 0.25) is 10.0 Å². The normalized spacial score (nSPS) is 17.7. The number of aromatic nitrogens is 4. The molecule has 0 bridgehead atoms. The van der Waals surface area contributed by atoms with Crippen LogP contribution in [0.3, 0.4) is 0 Å². The van der Waals surface area contributed by atoms with Crippen LogP contribution >= 0.6 is 23.2 Å². The molecule has 0 aliphatic carbocycles. The Morgan fingerprint density at radius 3 is 2.58 bits per heavy atom. The van der Waals surface area contributed by atoms with Gasteiger partial charge in [0.1, 0.15) is 0 Å². The molecule has 3 atom stereocenters. The predicted molar refractivity (Wildman–Crippen MR) is 169 cm³/mol. The summed E-state index contributed by atoms with van der Waals surface area (Å²) in [4.78, 5) is 32.5. The largest absolute Gasteiger partial charge is 0.352 e. The molecule has 10 nitrogen and oxygen atoms in total. The van der Waals surface area contributed by atoms with E-state index in [2.05, 4.69) is 38.9 Å². The van der Waals surface area contributed by atoms with E-state index in [1.807, 2.05) is 41.0 Å². The zero-order valence-electron chi connectivity index (χ0n) is 24.3. The van der Waals surface area contributed by atoms with Gasteiger partial charge in [-0.3, -0.25) is 9.59 Å². The van der Waals surface area contributed by atoms with Crippen molar-refractivity contribution in [2.24, 2.45) is 12.8 Å². The minimum Gasteiger partial charge on any atom is -0.352 e. The monoisotopic (exact) mass is 622 g/mol. The van der Waals surface area contributed by atoms with Gasteiger partial charge in [0.25, 0.3) is 5.95 Å². The Labute approximate surface area is 261 Å². The Hall–Kier alpha value is -3.73. The topological polar surface area (TPSA) is 122 Å². The molecule has 4 aromatic rings. The lowest BCUT2D eigenvalue weighted by molar-refractivity contribution is -0.147. The Kier molecular flexibility index (Phi) is 9.79. The second kappa shape index (κ2) is 13.7. The minimum absolute atomic E-state index is 0.0407. The van der Waals surface area contributed by atoms with Gasteiger partial charge < -0.3 is 20.9 Å². The molecule has 5 rings (SSSR count). The summed E-state index contributed by atoms with van der Waals surface area (Å²) in [6, 6.07) is 18.3. The van der Waals surface area contributed by atoms with Gasteiger partial charge in [0, 0.05) is 41.8 Å². The first-order chi connectivity index (χ1) is 20.7. The molecule has 0 spiro atoms. The van der Waals surface area contributed by atoms with E-state index >= 15 is 0 Å². The first-order valence-electron chi connectivity index (χ1n) is 14.4. The van der Waals surface area contributed by atoms with Crippen molar-refractivity contribution in [1.29, 1.82) is 0 Å². The van der Waals surface area contributed by atoms with Crippen LogP contribution in [0, 0.1) is 0 Å². The SMILES string of the molecule is C[C@@H]1CN(C(=O)C(N)Cc2ccc(Cl)cc2Cl)[C@@H](CCCNc2nnn(C)n2)CN1C(=O)Cc1ccc2ccccc2c1. The van der Waals surface area contributed by atoms with Gasteiger partial charge in [0.05, 0.1) is 19.5 Å². The van der Waals surface area contributed by atoms with E-state index in [9.17, 15) is 9.59 Å². The number of rotatable bonds is 10. The van der Waals surface area contributed by atoms with Crippen molar-refractivity contribution in [3.63, 3.8) is 0 Å². The number of carbonyl (C=O) groups excluding carboxylic acids is 2. The van der Waals surface area contributed by atoms with Crippen LogP contribution in [0.1, 0.15) is 30.9 Å². The summed E-state index contributed by atoms with van der Waals surface area (Å²) in [5, 5.41) is 18.4. The van der Waals surface area contributed by atoms with E-state index in [1.165, 1.54) is 4.80 Å². The molecule has 2 amide bonds. The minimum atomic E-state index is -0.782. The van der Waals surface area contributed by atoms with Crippen LogP contribution < -0.4 is 11.1 Å². The van der Waals surface area contributed by atoms with Gasteiger partial charge in [-0.1, -0.05) is 76.8 Å². The van der Waals surface area contributed by atoms with E-state index in [0.29, 0.717) is 48.5 Å². The second-order valence-corrected chi connectivity index (χ2v) is 12.0. The maximum atomic E-state index is 13.8. The van der Waals surface area contributed by atoms with Crippen molar-refractivity contribution in [2.75, 3.05) is 25.0 Å². The molecule has 0 radical (unpaired) electrons. The molecule has 1 aromatic heterocycles. The number of nitrogens with two attached hydrogens (primary N) is 1. The summed E-state index contributed by atoms with van der Waals surface area (Å²) in [6.07, 6.45) is 1.98. The van der Waals surface area contributed by atoms with Crippen LogP contribution in [0.15, 0.2) is 60.7 Å². The Balaban J connectivity index is 1.28. The standard InChI is InChI=1S/C31H36Cl2N8O2/c1-20-18-41(30(43)28(34)16-24-11-12-25(32)17-27(24)33)26(8-5-13-35-31-36-38-39(2)37-31)19-40(20)29(42)15-21-9-10-22-6-3-4-7-23(22)14-21/h3-4,6-7,9-12,14,17,20,26,28H,5,8,13,15-16,18-19,34H2,1-2H3,(H,35,37)/t20-,26+,28?/m1/s1. The van der Waals surface area contributed by atoms with Crippen LogP contribution in [0.5, 0.6) is 0 Å². The van der Waals surface area contributed by atoms with Gasteiger partial charge in [-0.15, -0.1) is 5.10 Å². The van der Waals surface area contributed by atoms with Crippen molar-refractivity contribution in [1.82, 2.24) is 30.0 Å². The molecule has 1 fully saturated rings. The van der Waals surface area contributed by atoms with Crippen LogP contribution in [0.25, 0.3) is 10.8 Å². The summed E-state index contributed by atoms with van der Waals surface area (Å²) >= 11 is 12.4. The lowest BCUT2D eigenvalue weighted by Gasteiger charge is -2.46. The van der Waals surface area contributed by atoms with Crippen LogP contribution in [0.4, 0.5) is 5.95 Å². The van der Waals surface area contributed by atoms with E-state index in [4.69, 9.17) is 28.9 Å². The number of hydrogen-bond donors (Lipinski definition) is 2. The number of anilines is 1. The highest BCUT2D eigenvalue weighted by molar-refractivity contribution is 6.35. The first-order valence-corrected chi connectivity index (χ1v) is 15.2. The van der Waals surface area contributed by atoms with Crippen LogP contribution in [-0.4, -0.2) is 79.6 Å². The highest BCUT2D eigenvalue weighted by Crippen LogP contribution is 2.25. The van der Waals surface area contributed by atoms with E-state index in [-0.39, 0.29) is 30.3 Å². The maximum absolute atomic E-state index is 13.8. The number of halogens is 2. The van der Waals surface area contributed by atoms with Crippen molar-refractivity contribution >= 4 is 51.7 Å². The number of nitrogens with one attached hydrogen (secondary N) is 1. The quantitative estimate of drug-likeness (QED) is 0.255. The number of piperazine rings is 1. The Morgan fingerprint density at radius 2 is 1.84 bits per heavy atom. The van der Waals surface area contributed by atoms with E-state index < -0.39 is 6.04 Å². The number of amides is 2. The molecular formula is C31H36Cl2N8O2. The molecule has 2 heterocycles. The average molecular weight is 624 g/mol. The summed E-state index contributed by atoms with van der Waals surface area (Å²) in [7, 11) is 1.70. The number of nitrogens with zero attached hydrogens (tertiary/aromatic N) is 6. The first kappa shape index (κ1) is 30.7. The summed E-state index contributed by atoms with van der Waals surface area (Å²) in [5.74, 6) is 0.328. The number of benzene rings is 3. The number of fused-ring (bicyclic) bond motifs is 1. The fourth-order valence-electron chi connectivity index (χ4n) is 5.64. The Morgan fingerprint density at radius 1 is 1.05 bits per heavy atom. The number of tetrazole rings is 1. The highest BCUT2D eigenvalue weighted by atomic mass is 35.5. The zero-order valence-corrected chi connectivity index (χ0v) is 25.8. The van der Waals surface area contributed by atoms with Crippen LogP contribution in [-0.2, 0) is 29.5 Å². The molecule has 1 saturated heterocycles. The van der Waals surface area contributed by atoms with Gasteiger partial charge in [0.2, 0.25) is 11.8 Å². The van der Waals surface area contributed by atoms with Gasteiger partial charge in [-0.25, -0.2) is 0 Å². The molecular weight excluding hydrogens is 587 g/mol. The Bertz CT molecular complexity index is 1600. The highest BCUT2D eigenvalue weighted by Gasteiger charge is 2.38. The second-order valence-electron chi connectivity index (χ2n) is 11.1. The van der Waals surface area contributed by atoms with Gasteiger partial charge in [-0.2, -0.15) is 4.80 Å². The zero-order chi connectivity index (χ0) is 30.5. The third-order valence-electron chi connectivity index (χ3n) is 7.89.